The maximum Gasteiger partial charge on any atom is 0.258 e. The molecular formula is C16H21N3O3. The Labute approximate surface area is 129 Å². The van der Waals surface area contributed by atoms with Crippen molar-refractivity contribution < 1.29 is 14.3 Å². The number of rotatable bonds is 7. The highest BCUT2D eigenvalue weighted by Gasteiger charge is 2.14. The van der Waals surface area contributed by atoms with Gasteiger partial charge in [0.2, 0.25) is 5.91 Å². The molecule has 1 heterocycles. The molecule has 0 saturated carbocycles. The maximum absolute atomic E-state index is 11.8. The number of primary amides is 1. The number of ether oxygens (including phenoxy) is 1. The molecule has 2 amide bonds. The first-order chi connectivity index (χ1) is 10.6. The van der Waals surface area contributed by atoms with Gasteiger partial charge in [0.25, 0.3) is 5.91 Å². The molecular weight excluding hydrogens is 282 g/mol. The predicted octanol–water partition coefficient (Wildman–Crippen LogP) is 0.299. The minimum atomic E-state index is -0.332. The molecule has 0 spiro atoms. The zero-order valence-corrected chi connectivity index (χ0v) is 12.5. The number of hydrogen-bond acceptors (Lipinski definition) is 4. The van der Waals surface area contributed by atoms with Crippen LogP contribution in [-0.2, 0) is 9.59 Å². The summed E-state index contributed by atoms with van der Waals surface area (Å²) in [5.41, 5.74) is 6.28. The Morgan fingerprint density at radius 3 is 2.77 bits per heavy atom. The number of nitrogens with two attached hydrogens (primary N) is 1. The Hall–Kier alpha value is -2.34. The summed E-state index contributed by atoms with van der Waals surface area (Å²) in [6, 6.07) is 9.21. The quantitative estimate of drug-likeness (QED) is 0.710. The van der Waals surface area contributed by atoms with Crippen LogP contribution in [0.5, 0.6) is 5.75 Å². The van der Waals surface area contributed by atoms with Gasteiger partial charge in [0.15, 0.2) is 6.61 Å². The van der Waals surface area contributed by atoms with Crippen molar-refractivity contribution in [2.24, 2.45) is 5.73 Å². The summed E-state index contributed by atoms with van der Waals surface area (Å²) in [5, 5.41) is 2.82. The van der Waals surface area contributed by atoms with Crippen LogP contribution in [0.4, 0.5) is 0 Å². The first kappa shape index (κ1) is 16.0. The Kier molecular flexibility index (Phi) is 5.97. The smallest absolute Gasteiger partial charge is 0.258 e. The second-order valence-electron chi connectivity index (χ2n) is 5.21. The van der Waals surface area contributed by atoms with Gasteiger partial charge in [-0.15, -0.1) is 0 Å². The van der Waals surface area contributed by atoms with Crippen molar-refractivity contribution >= 4 is 11.8 Å². The number of para-hydroxylation sites is 1. The van der Waals surface area contributed by atoms with Crippen molar-refractivity contribution in [1.82, 2.24) is 10.2 Å². The summed E-state index contributed by atoms with van der Waals surface area (Å²) in [6.45, 7) is 2.18. The second kappa shape index (κ2) is 8.19. The summed E-state index contributed by atoms with van der Waals surface area (Å²) >= 11 is 0. The Morgan fingerprint density at radius 2 is 2.05 bits per heavy atom. The summed E-state index contributed by atoms with van der Waals surface area (Å²) < 4.78 is 5.38. The number of carbonyl (C=O) groups is 2. The van der Waals surface area contributed by atoms with E-state index in [1.54, 1.807) is 12.1 Å². The fraction of sp³-hybridized carbons (Fsp3) is 0.375. The lowest BCUT2D eigenvalue weighted by Gasteiger charge is -2.26. The molecule has 0 aliphatic carbocycles. The first-order valence-corrected chi connectivity index (χ1v) is 7.26. The van der Waals surface area contributed by atoms with Crippen LogP contribution in [0.1, 0.15) is 6.42 Å². The molecule has 0 fully saturated rings. The molecule has 0 atom stereocenters. The van der Waals surface area contributed by atoms with Crippen LogP contribution in [0.2, 0.25) is 0 Å². The van der Waals surface area contributed by atoms with E-state index in [2.05, 4.69) is 11.4 Å². The molecule has 0 radical (unpaired) electrons. The van der Waals surface area contributed by atoms with Crippen LogP contribution in [0.3, 0.4) is 0 Å². The van der Waals surface area contributed by atoms with E-state index >= 15 is 0 Å². The molecule has 0 saturated heterocycles. The number of nitrogens with zero attached hydrogens (tertiary/aromatic N) is 1. The minimum Gasteiger partial charge on any atom is -0.484 e. The van der Waals surface area contributed by atoms with Crippen molar-refractivity contribution in [2.45, 2.75) is 6.42 Å². The fourth-order valence-corrected chi connectivity index (χ4v) is 2.29. The first-order valence-electron chi connectivity index (χ1n) is 7.26. The standard InChI is InChI=1S/C16H21N3O3/c17-15(20)11-19-8-4-5-13(10-19)9-18-16(21)12-22-14-6-2-1-3-7-14/h1-3,5-7H,4,8-12H2,(H2,17,20)(H,18,21). The topological polar surface area (TPSA) is 84.7 Å². The van der Waals surface area contributed by atoms with E-state index in [9.17, 15) is 9.59 Å². The molecule has 0 aromatic heterocycles. The van der Waals surface area contributed by atoms with Crippen LogP contribution in [-0.4, -0.2) is 49.5 Å². The number of carbonyl (C=O) groups excluding carboxylic acids is 2. The Balaban J connectivity index is 1.69. The lowest BCUT2D eigenvalue weighted by atomic mass is 10.1. The van der Waals surface area contributed by atoms with Crippen molar-refractivity contribution in [3.63, 3.8) is 0 Å². The zero-order chi connectivity index (χ0) is 15.8. The van der Waals surface area contributed by atoms with Crippen LogP contribution < -0.4 is 15.8 Å². The third kappa shape index (κ3) is 5.57. The normalized spacial score (nSPS) is 15.0. The molecule has 6 heteroatoms. The van der Waals surface area contributed by atoms with Crippen LogP contribution >= 0.6 is 0 Å². The van der Waals surface area contributed by atoms with E-state index in [1.807, 2.05) is 23.1 Å². The lowest BCUT2D eigenvalue weighted by molar-refractivity contribution is -0.123. The lowest BCUT2D eigenvalue weighted by Crippen LogP contribution is -2.40. The van der Waals surface area contributed by atoms with E-state index in [0.29, 0.717) is 18.8 Å². The van der Waals surface area contributed by atoms with Crippen molar-refractivity contribution in [3.05, 3.63) is 42.0 Å². The van der Waals surface area contributed by atoms with Gasteiger partial charge in [-0.3, -0.25) is 14.5 Å². The summed E-state index contributed by atoms with van der Waals surface area (Å²) in [6.07, 6.45) is 2.95. The molecule has 2 rings (SSSR count). The monoisotopic (exact) mass is 303 g/mol. The van der Waals surface area contributed by atoms with Gasteiger partial charge in [-0.1, -0.05) is 24.3 Å². The van der Waals surface area contributed by atoms with Gasteiger partial charge in [-0.05, 0) is 24.1 Å². The molecule has 1 aliphatic rings. The molecule has 1 aliphatic heterocycles. The molecule has 0 bridgehead atoms. The predicted molar refractivity (Wildman–Crippen MR) is 83.3 cm³/mol. The fourth-order valence-electron chi connectivity index (χ4n) is 2.29. The minimum absolute atomic E-state index is 0.0116. The van der Waals surface area contributed by atoms with Crippen molar-refractivity contribution in [1.29, 1.82) is 0 Å². The van der Waals surface area contributed by atoms with Crippen LogP contribution in [0.25, 0.3) is 0 Å². The molecule has 118 valence electrons. The van der Waals surface area contributed by atoms with E-state index in [4.69, 9.17) is 10.5 Å². The van der Waals surface area contributed by atoms with E-state index in [0.717, 1.165) is 18.5 Å². The number of amides is 2. The molecule has 0 unspecified atom stereocenters. The van der Waals surface area contributed by atoms with Gasteiger partial charge >= 0.3 is 0 Å². The number of benzene rings is 1. The van der Waals surface area contributed by atoms with Gasteiger partial charge in [0.05, 0.1) is 6.54 Å². The summed E-state index contributed by atoms with van der Waals surface area (Å²) in [5.74, 6) is 0.167. The van der Waals surface area contributed by atoms with E-state index in [1.165, 1.54) is 0 Å². The van der Waals surface area contributed by atoms with E-state index in [-0.39, 0.29) is 25.0 Å². The summed E-state index contributed by atoms with van der Waals surface area (Å²) in [7, 11) is 0. The SMILES string of the molecule is NC(=O)CN1CCC=C(CNC(=O)COc2ccccc2)C1. The highest BCUT2D eigenvalue weighted by atomic mass is 16.5. The largest absolute Gasteiger partial charge is 0.484 e. The second-order valence-corrected chi connectivity index (χ2v) is 5.21. The van der Waals surface area contributed by atoms with Crippen molar-refractivity contribution in [3.8, 4) is 5.75 Å². The highest BCUT2D eigenvalue weighted by Crippen LogP contribution is 2.09. The maximum atomic E-state index is 11.8. The molecule has 6 nitrogen and oxygen atoms in total. The van der Waals surface area contributed by atoms with Gasteiger partial charge in [0.1, 0.15) is 5.75 Å². The highest BCUT2D eigenvalue weighted by molar-refractivity contribution is 5.78. The van der Waals surface area contributed by atoms with Gasteiger partial charge in [-0.25, -0.2) is 0 Å². The molecule has 3 N–H and O–H groups in total. The number of nitrogens with one attached hydrogen (secondary N) is 1. The van der Waals surface area contributed by atoms with Gasteiger partial charge in [0, 0.05) is 19.6 Å². The van der Waals surface area contributed by atoms with Crippen LogP contribution in [0.15, 0.2) is 42.0 Å². The van der Waals surface area contributed by atoms with Crippen molar-refractivity contribution in [2.75, 3.05) is 32.8 Å². The molecule has 1 aromatic rings. The Bertz CT molecular complexity index is 543. The third-order valence-corrected chi connectivity index (χ3v) is 3.31. The Morgan fingerprint density at radius 1 is 1.27 bits per heavy atom. The zero-order valence-electron chi connectivity index (χ0n) is 12.5. The molecule has 1 aromatic carbocycles. The van der Waals surface area contributed by atoms with E-state index < -0.39 is 0 Å². The molecule has 22 heavy (non-hydrogen) atoms. The number of hydrogen-bond donors (Lipinski definition) is 2. The van der Waals surface area contributed by atoms with Crippen LogP contribution in [0, 0.1) is 0 Å². The van der Waals surface area contributed by atoms with Gasteiger partial charge in [-0.2, -0.15) is 0 Å². The van der Waals surface area contributed by atoms with Gasteiger partial charge < -0.3 is 15.8 Å². The average molecular weight is 303 g/mol. The third-order valence-electron chi connectivity index (χ3n) is 3.31. The summed E-state index contributed by atoms with van der Waals surface area (Å²) in [4.78, 5) is 24.7. The average Bonchev–Trinajstić information content (AvgIpc) is 2.52.